The van der Waals surface area contributed by atoms with Gasteiger partial charge in [-0.3, -0.25) is 14.6 Å². The van der Waals surface area contributed by atoms with Crippen molar-refractivity contribution >= 4 is 44.8 Å². The molecular formula is C27H30ClN5O4S. The average Bonchev–Trinajstić information content (AvgIpc) is 2.89. The van der Waals surface area contributed by atoms with Gasteiger partial charge in [0.2, 0.25) is 5.91 Å². The minimum absolute atomic E-state index is 0.0104. The highest BCUT2D eigenvalue weighted by molar-refractivity contribution is 7.90. The van der Waals surface area contributed by atoms with Crippen LogP contribution in [-0.4, -0.2) is 49.5 Å². The smallest absolute Gasteiger partial charge is 0.255 e. The molecule has 4 rings (SSSR count). The monoisotopic (exact) mass is 555 g/mol. The van der Waals surface area contributed by atoms with Crippen LogP contribution in [0.3, 0.4) is 0 Å². The van der Waals surface area contributed by atoms with E-state index in [2.05, 4.69) is 20.6 Å². The van der Waals surface area contributed by atoms with Crippen LogP contribution in [0.4, 0.5) is 11.5 Å². The van der Waals surface area contributed by atoms with E-state index >= 15 is 0 Å². The molecule has 1 aliphatic rings. The minimum Gasteiger partial charge on any atom is -0.355 e. The first kappa shape index (κ1) is 27.5. The van der Waals surface area contributed by atoms with Crippen LogP contribution in [0.25, 0.3) is 0 Å². The van der Waals surface area contributed by atoms with Gasteiger partial charge in [0.05, 0.1) is 22.3 Å². The van der Waals surface area contributed by atoms with E-state index in [0.717, 1.165) is 24.8 Å². The second-order valence-electron chi connectivity index (χ2n) is 9.46. The molecule has 1 atom stereocenters. The summed E-state index contributed by atoms with van der Waals surface area (Å²) in [5.74, 6) is 0.239. The van der Waals surface area contributed by atoms with Crippen LogP contribution >= 0.6 is 11.6 Å². The number of hydrogen-bond acceptors (Lipinski definition) is 7. The molecule has 2 amide bonds. The highest BCUT2D eigenvalue weighted by Crippen LogP contribution is 2.31. The Bertz CT molecular complexity index is 1410. The molecule has 0 spiro atoms. The number of hydrogen-bond donors (Lipinski definition) is 2. The Hall–Kier alpha value is -3.50. The summed E-state index contributed by atoms with van der Waals surface area (Å²) in [6.45, 7) is 3.13. The van der Waals surface area contributed by atoms with Crippen LogP contribution in [0.1, 0.15) is 48.3 Å². The van der Waals surface area contributed by atoms with Crippen molar-refractivity contribution in [3.05, 3.63) is 77.2 Å². The van der Waals surface area contributed by atoms with Gasteiger partial charge in [-0.2, -0.15) is 0 Å². The van der Waals surface area contributed by atoms with Gasteiger partial charge in [0, 0.05) is 48.7 Å². The molecule has 200 valence electrons. The van der Waals surface area contributed by atoms with E-state index in [1.807, 2.05) is 30.0 Å². The van der Waals surface area contributed by atoms with Crippen LogP contribution < -0.4 is 15.5 Å². The van der Waals surface area contributed by atoms with Gasteiger partial charge in [0.15, 0.2) is 15.7 Å². The SMILES string of the molecule is CC(NC(=O)CC1CCN(c2ncc(S(C)(=O)=O)cc2NC(=O)c2cccc(Cl)c2)CC1)c1ccccn1. The summed E-state index contributed by atoms with van der Waals surface area (Å²) in [5, 5.41) is 6.24. The van der Waals surface area contributed by atoms with Crippen molar-refractivity contribution in [3.8, 4) is 0 Å². The molecule has 1 aliphatic heterocycles. The van der Waals surface area contributed by atoms with E-state index in [0.29, 0.717) is 41.6 Å². The summed E-state index contributed by atoms with van der Waals surface area (Å²) in [6.07, 6.45) is 6.01. The summed E-state index contributed by atoms with van der Waals surface area (Å²) in [5.41, 5.74) is 1.46. The van der Waals surface area contributed by atoms with Crippen LogP contribution in [0, 0.1) is 5.92 Å². The molecule has 0 radical (unpaired) electrons. The predicted molar refractivity (Wildman–Crippen MR) is 147 cm³/mol. The molecule has 1 unspecified atom stereocenters. The van der Waals surface area contributed by atoms with Crippen LogP contribution in [-0.2, 0) is 14.6 Å². The molecule has 3 aromatic rings. The Morgan fingerprint density at radius 3 is 2.53 bits per heavy atom. The van der Waals surface area contributed by atoms with E-state index in [9.17, 15) is 18.0 Å². The summed E-state index contributed by atoms with van der Waals surface area (Å²) in [4.78, 5) is 36.3. The zero-order chi connectivity index (χ0) is 27.3. The number of nitrogens with zero attached hydrogens (tertiary/aromatic N) is 3. The first-order valence-electron chi connectivity index (χ1n) is 12.3. The van der Waals surface area contributed by atoms with E-state index < -0.39 is 15.7 Å². The predicted octanol–water partition coefficient (Wildman–Crippen LogP) is 4.27. The number of carbonyl (C=O) groups excluding carboxylic acids is 2. The number of pyridine rings is 2. The van der Waals surface area contributed by atoms with Gasteiger partial charge in [-0.15, -0.1) is 0 Å². The number of anilines is 2. The Balaban J connectivity index is 1.43. The van der Waals surface area contributed by atoms with Crippen molar-refractivity contribution in [1.82, 2.24) is 15.3 Å². The Kier molecular flexibility index (Phi) is 8.63. The quantitative estimate of drug-likeness (QED) is 0.425. The first-order valence-corrected chi connectivity index (χ1v) is 14.6. The summed E-state index contributed by atoms with van der Waals surface area (Å²) < 4.78 is 24.3. The number of amides is 2. The number of piperidine rings is 1. The molecule has 38 heavy (non-hydrogen) atoms. The number of rotatable bonds is 8. The van der Waals surface area contributed by atoms with Crippen molar-refractivity contribution in [3.63, 3.8) is 0 Å². The lowest BCUT2D eigenvalue weighted by molar-refractivity contribution is -0.122. The highest BCUT2D eigenvalue weighted by atomic mass is 35.5. The number of sulfone groups is 1. The van der Waals surface area contributed by atoms with Crippen molar-refractivity contribution in [2.75, 3.05) is 29.6 Å². The van der Waals surface area contributed by atoms with Gasteiger partial charge in [-0.1, -0.05) is 23.7 Å². The molecule has 3 heterocycles. The maximum absolute atomic E-state index is 12.9. The molecule has 0 bridgehead atoms. The number of carbonyl (C=O) groups is 2. The second kappa shape index (κ2) is 11.9. The Morgan fingerprint density at radius 2 is 1.87 bits per heavy atom. The fourth-order valence-corrected chi connectivity index (χ4v) is 5.19. The normalized spacial score (nSPS) is 15.1. The number of benzene rings is 1. The maximum Gasteiger partial charge on any atom is 0.255 e. The highest BCUT2D eigenvalue weighted by Gasteiger charge is 2.26. The number of halogens is 1. The topological polar surface area (TPSA) is 121 Å². The van der Waals surface area contributed by atoms with Crippen molar-refractivity contribution in [1.29, 1.82) is 0 Å². The van der Waals surface area contributed by atoms with E-state index in [1.165, 1.54) is 18.3 Å². The number of nitrogens with one attached hydrogen (secondary N) is 2. The molecule has 9 nitrogen and oxygen atoms in total. The van der Waals surface area contributed by atoms with Gasteiger partial charge in [-0.25, -0.2) is 13.4 Å². The fraction of sp³-hybridized carbons (Fsp3) is 0.333. The second-order valence-corrected chi connectivity index (χ2v) is 11.9. The van der Waals surface area contributed by atoms with Gasteiger partial charge < -0.3 is 15.5 Å². The maximum atomic E-state index is 12.9. The molecule has 1 saturated heterocycles. The van der Waals surface area contributed by atoms with Crippen molar-refractivity contribution < 1.29 is 18.0 Å². The van der Waals surface area contributed by atoms with Gasteiger partial charge in [0.1, 0.15) is 0 Å². The summed E-state index contributed by atoms with van der Waals surface area (Å²) in [7, 11) is -3.53. The standard InChI is InChI=1S/C27H30ClN5O4S/c1-18(23-8-3-4-11-29-23)31-25(34)14-19-9-12-33(13-10-19)26-24(16-22(17-30-26)38(2,36)37)32-27(35)20-6-5-7-21(28)15-20/h3-8,11,15-19H,9-10,12-14H2,1-2H3,(H,31,34)(H,32,35). The van der Waals surface area contributed by atoms with Crippen molar-refractivity contribution in [2.24, 2.45) is 5.92 Å². The van der Waals surface area contributed by atoms with Crippen LogP contribution in [0.5, 0.6) is 0 Å². The lowest BCUT2D eigenvalue weighted by atomic mass is 9.93. The third-order valence-corrected chi connectivity index (χ3v) is 7.82. The van der Waals surface area contributed by atoms with Gasteiger partial charge in [0.25, 0.3) is 5.91 Å². The van der Waals surface area contributed by atoms with E-state index in [-0.39, 0.29) is 22.8 Å². The summed E-state index contributed by atoms with van der Waals surface area (Å²) >= 11 is 6.03. The lowest BCUT2D eigenvalue weighted by Gasteiger charge is -2.33. The van der Waals surface area contributed by atoms with Crippen molar-refractivity contribution in [2.45, 2.75) is 37.1 Å². The molecular weight excluding hydrogens is 526 g/mol. The van der Waals surface area contributed by atoms with E-state index in [4.69, 9.17) is 11.6 Å². The number of aromatic nitrogens is 2. The van der Waals surface area contributed by atoms with Gasteiger partial charge >= 0.3 is 0 Å². The third-order valence-electron chi connectivity index (χ3n) is 6.50. The molecule has 11 heteroatoms. The molecule has 1 aromatic carbocycles. The average molecular weight is 556 g/mol. The zero-order valence-electron chi connectivity index (χ0n) is 21.2. The summed E-state index contributed by atoms with van der Waals surface area (Å²) in [6, 6.07) is 13.4. The minimum atomic E-state index is -3.53. The third kappa shape index (κ3) is 7.08. The Labute approximate surface area is 227 Å². The Morgan fingerprint density at radius 1 is 1.11 bits per heavy atom. The molecule has 1 fully saturated rings. The molecule has 2 aromatic heterocycles. The largest absolute Gasteiger partial charge is 0.355 e. The van der Waals surface area contributed by atoms with Crippen LogP contribution in [0.2, 0.25) is 5.02 Å². The molecule has 0 saturated carbocycles. The van der Waals surface area contributed by atoms with Crippen LogP contribution in [0.15, 0.2) is 65.8 Å². The first-order chi connectivity index (χ1) is 18.1. The van der Waals surface area contributed by atoms with Gasteiger partial charge in [-0.05, 0) is 62.1 Å². The molecule has 2 N–H and O–H groups in total. The lowest BCUT2D eigenvalue weighted by Crippen LogP contribution is -2.37. The van der Waals surface area contributed by atoms with E-state index in [1.54, 1.807) is 24.4 Å². The fourth-order valence-electron chi connectivity index (χ4n) is 4.43. The molecule has 0 aliphatic carbocycles. The zero-order valence-corrected chi connectivity index (χ0v) is 22.8.